The highest BCUT2D eigenvalue weighted by Crippen LogP contribution is 2.17. The number of halogens is 2. The lowest BCUT2D eigenvalue weighted by Gasteiger charge is -2.07. The van der Waals surface area contributed by atoms with E-state index < -0.39 is 11.7 Å². The number of amidine groups is 1. The van der Waals surface area contributed by atoms with Crippen LogP contribution in [0.15, 0.2) is 52.1 Å². The number of nitrogens with zero attached hydrogens (tertiary/aromatic N) is 1. The van der Waals surface area contributed by atoms with Crippen LogP contribution in [0.1, 0.15) is 15.9 Å². The number of amides is 1. The summed E-state index contributed by atoms with van der Waals surface area (Å²) in [6.07, 6.45) is 0. The van der Waals surface area contributed by atoms with Crippen molar-refractivity contribution in [3.8, 4) is 0 Å². The van der Waals surface area contributed by atoms with E-state index in [1.54, 1.807) is 24.3 Å². The lowest BCUT2D eigenvalue weighted by Crippen LogP contribution is -2.14. The smallest absolute Gasteiger partial charge is 0.255 e. The van der Waals surface area contributed by atoms with E-state index in [9.17, 15) is 9.18 Å². The van der Waals surface area contributed by atoms with Gasteiger partial charge >= 0.3 is 0 Å². The van der Waals surface area contributed by atoms with Gasteiger partial charge in [-0.3, -0.25) is 4.79 Å². The van der Waals surface area contributed by atoms with E-state index in [0.29, 0.717) is 15.7 Å². The molecule has 108 valence electrons. The van der Waals surface area contributed by atoms with Gasteiger partial charge in [-0.1, -0.05) is 5.16 Å². The molecule has 5 nitrogen and oxygen atoms in total. The van der Waals surface area contributed by atoms with Crippen LogP contribution in [-0.2, 0) is 0 Å². The van der Waals surface area contributed by atoms with Gasteiger partial charge in [0, 0.05) is 16.8 Å². The summed E-state index contributed by atoms with van der Waals surface area (Å²) in [5.41, 5.74) is 6.67. The summed E-state index contributed by atoms with van der Waals surface area (Å²) in [4.78, 5) is 12.0. The second kappa shape index (κ2) is 6.36. The van der Waals surface area contributed by atoms with Gasteiger partial charge in [-0.25, -0.2) is 4.39 Å². The van der Waals surface area contributed by atoms with Crippen molar-refractivity contribution in [3.05, 3.63) is 63.9 Å². The first-order valence-corrected chi connectivity index (χ1v) is 6.65. The molecule has 0 fully saturated rings. The Morgan fingerprint density at radius 1 is 1.19 bits per heavy atom. The van der Waals surface area contributed by atoms with Crippen LogP contribution in [-0.4, -0.2) is 17.0 Å². The number of carbonyl (C=O) groups is 1. The molecular weight excluding hydrogens is 341 g/mol. The van der Waals surface area contributed by atoms with Gasteiger partial charge in [0.05, 0.1) is 4.47 Å². The van der Waals surface area contributed by atoms with Gasteiger partial charge in [0.25, 0.3) is 5.91 Å². The molecule has 0 saturated heterocycles. The third-order valence-corrected chi connectivity index (χ3v) is 3.37. The molecule has 1 amide bonds. The van der Waals surface area contributed by atoms with Gasteiger partial charge in [-0.2, -0.15) is 0 Å². The van der Waals surface area contributed by atoms with Gasteiger partial charge < -0.3 is 16.3 Å². The van der Waals surface area contributed by atoms with Gasteiger partial charge in [0.1, 0.15) is 5.82 Å². The van der Waals surface area contributed by atoms with Crippen molar-refractivity contribution in [1.82, 2.24) is 0 Å². The van der Waals surface area contributed by atoms with E-state index in [1.807, 2.05) is 0 Å². The SMILES string of the molecule is NC(=NO)c1ccc(NC(=O)c2ccc(Br)c(F)c2)cc1. The summed E-state index contributed by atoms with van der Waals surface area (Å²) in [7, 11) is 0. The van der Waals surface area contributed by atoms with Crippen molar-refractivity contribution in [2.45, 2.75) is 0 Å². The van der Waals surface area contributed by atoms with Crippen LogP contribution in [0.3, 0.4) is 0 Å². The Kier molecular flexibility index (Phi) is 4.54. The Morgan fingerprint density at radius 3 is 2.38 bits per heavy atom. The minimum absolute atomic E-state index is 0.0251. The van der Waals surface area contributed by atoms with Gasteiger partial charge in [0.15, 0.2) is 5.84 Å². The predicted octanol–water partition coefficient (Wildman–Crippen LogP) is 2.94. The molecule has 2 rings (SSSR count). The maximum absolute atomic E-state index is 13.4. The Balaban J connectivity index is 2.14. The van der Waals surface area contributed by atoms with Crippen LogP contribution >= 0.6 is 15.9 Å². The lowest BCUT2D eigenvalue weighted by atomic mass is 10.1. The number of oxime groups is 1. The molecule has 0 aliphatic carbocycles. The standard InChI is InChI=1S/C14H11BrFN3O2/c15-11-6-3-9(7-12(11)16)14(20)18-10-4-1-8(2-5-10)13(17)19-21/h1-7,21H,(H2,17,19)(H,18,20). The molecule has 0 atom stereocenters. The third kappa shape index (κ3) is 3.57. The third-order valence-electron chi connectivity index (χ3n) is 2.73. The molecule has 4 N–H and O–H groups in total. The number of benzene rings is 2. The van der Waals surface area contributed by atoms with Crippen LogP contribution < -0.4 is 11.1 Å². The molecule has 2 aromatic carbocycles. The number of carbonyl (C=O) groups excluding carboxylic acids is 1. The van der Waals surface area contributed by atoms with Crippen molar-refractivity contribution in [2.75, 3.05) is 5.32 Å². The van der Waals surface area contributed by atoms with Crippen molar-refractivity contribution >= 4 is 33.4 Å². The molecule has 0 aromatic heterocycles. The zero-order valence-electron chi connectivity index (χ0n) is 10.7. The molecule has 21 heavy (non-hydrogen) atoms. The fourth-order valence-corrected chi connectivity index (χ4v) is 1.87. The maximum atomic E-state index is 13.4. The molecule has 2 aromatic rings. The van der Waals surface area contributed by atoms with Crippen molar-refractivity contribution in [3.63, 3.8) is 0 Å². The molecule has 0 heterocycles. The molecular formula is C14H11BrFN3O2. The molecule has 0 unspecified atom stereocenters. The molecule has 0 spiro atoms. The van der Waals surface area contributed by atoms with Gasteiger partial charge in [0.2, 0.25) is 0 Å². The second-order valence-electron chi connectivity index (χ2n) is 4.15. The summed E-state index contributed by atoms with van der Waals surface area (Å²) in [5, 5.41) is 14.1. The Hall–Kier alpha value is -2.41. The predicted molar refractivity (Wildman–Crippen MR) is 81.0 cm³/mol. The van der Waals surface area contributed by atoms with E-state index in [4.69, 9.17) is 10.9 Å². The maximum Gasteiger partial charge on any atom is 0.255 e. The number of anilines is 1. The zero-order chi connectivity index (χ0) is 15.4. The monoisotopic (exact) mass is 351 g/mol. The quantitative estimate of drug-likeness (QED) is 0.344. The summed E-state index contributed by atoms with van der Waals surface area (Å²) < 4.78 is 13.7. The molecule has 0 saturated carbocycles. The average molecular weight is 352 g/mol. The van der Waals surface area contributed by atoms with Crippen molar-refractivity contribution in [1.29, 1.82) is 0 Å². The second-order valence-corrected chi connectivity index (χ2v) is 5.00. The fourth-order valence-electron chi connectivity index (χ4n) is 1.62. The van der Waals surface area contributed by atoms with Gasteiger partial charge in [-0.05, 0) is 58.4 Å². The van der Waals surface area contributed by atoms with Crippen LogP contribution in [0.2, 0.25) is 0 Å². The van der Waals surface area contributed by atoms with E-state index in [0.717, 1.165) is 6.07 Å². The van der Waals surface area contributed by atoms with Gasteiger partial charge in [-0.15, -0.1) is 0 Å². The Labute approximate surface area is 128 Å². The molecule has 7 heteroatoms. The highest BCUT2D eigenvalue weighted by Gasteiger charge is 2.09. The summed E-state index contributed by atoms with van der Waals surface area (Å²) in [6, 6.07) is 10.5. The molecule has 0 radical (unpaired) electrons. The number of hydrogen-bond donors (Lipinski definition) is 3. The average Bonchev–Trinajstić information content (AvgIpc) is 2.50. The minimum Gasteiger partial charge on any atom is -0.409 e. The first-order valence-electron chi connectivity index (χ1n) is 5.85. The Bertz CT molecular complexity index is 702. The first-order chi connectivity index (χ1) is 10.0. The molecule has 0 aliphatic heterocycles. The Morgan fingerprint density at radius 2 is 1.81 bits per heavy atom. The number of nitrogens with two attached hydrogens (primary N) is 1. The zero-order valence-corrected chi connectivity index (χ0v) is 12.3. The fraction of sp³-hybridized carbons (Fsp3) is 0. The van der Waals surface area contributed by atoms with E-state index in [2.05, 4.69) is 26.4 Å². The van der Waals surface area contributed by atoms with E-state index >= 15 is 0 Å². The molecule has 0 aliphatic rings. The van der Waals surface area contributed by atoms with Crippen molar-refractivity contribution in [2.24, 2.45) is 10.9 Å². The summed E-state index contributed by atoms with van der Waals surface area (Å²) in [6.45, 7) is 0. The van der Waals surface area contributed by atoms with Crippen LogP contribution in [0.25, 0.3) is 0 Å². The van der Waals surface area contributed by atoms with E-state index in [1.165, 1.54) is 12.1 Å². The first kappa shape index (κ1) is 15.0. The largest absolute Gasteiger partial charge is 0.409 e. The van der Waals surface area contributed by atoms with Crippen LogP contribution in [0.5, 0.6) is 0 Å². The number of hydrogen-bond acceptors (Lipinski definition) is 3. The summed E-state index contributed by atoms with van der Waals surface area (Å²) >= 11 is 3.02. The number of rotatable bonds is 3. The topological polar surface area (TPSA) is 87.7 Å². The highest BCUT2D eigenvalue weighted by atomic mass is 79.9. The highest BCUT2D eigenvalue weighted by molar-refractivity contribution is 9.10. The lowest BCUT2D eigenvalue weighted by molar-refractivity contribution is 0.102. The normalized spacial score (nSPS) is 11.2. The number of nitrogens with one attached hydrogen (secondary N) is 1. The van der Waals surface area contributed by atoms with Crippen molar-refractivity contribution < 1.29 is 14.4 Å². The molecule has 0 bridgehead atoms. The minimum atomic E-state index is -0.509. The van der Waals surface area contributed by atoms with Crippen LogP contribution in [0.4, 0.5) is 10.1 Å². The van der Waals surface area contributed by atoms with Crippen LogP contribution in [0, 0.1) is 5.82 Å². The summed E-state index contributed by atoms with van der Waals surface area (Å²) in [5.74, 6) is -0.967. The van der Waals surface area contributed by atoms with E-state index in [-0.39, 0.29) is 11.4 Å².